The Hall–Kier alpha value is -2.18. The molecule has 0 aromatic carbocycles. The maximum absolute atomic E-state index is 11.0. The summed E-state index contributed by atoms with van der Waals surface area (Å²) in [5.41, 5.74) is 1.28. The van der Waals surface area contributed by atoms with Gasteiger partial charge in [0.1, 0.15) is 5.01 Å². The lowest BCUT2D eigenvalue weighted by molar-refractivity contribution is 0.102. The molecule has 1 aromatic rings. The van der Waals surface area contributed by atoms with Gasteiger partial charge in [0.15, 0.2) is 0 Å². The van der Waals surface area contributed by atoms with E-state index in [1.165, 1.54) is 7.11 Å². The smallest absolute Gasteiger partial charge is 0.407 e. The maximum Gasteiger partial charge on any atom is 0.407 e. The summed E-state index contributed by atoms with van der Waals surface area (Å²) in [6.07, 6.45) is 10.7. The van der Waals surface area contributed by atoms with Crippen LogP contribution in [0.1, 0.15) is 37.4 Å². The van der Waals surface area contributed by atoms with Crippen LogP contribution in [0.15, 0.2) is 54.5 Å². The lowest BCUT2D eigenvalue weighted by Gasteiger charge is -2.27. The number of hydrogen-bond acceptors (Lipinski definition) is 5. The van der Waals surface area contributed by atoms with Crippen LogP contribution in [0.4, 0.5) is 4.79 Å². The standard InChI is InChI=1S/C21H30N2O3S/c1-6-7-8-9-12-17-15-27-19(23-17)21(3,4)18(24)13-10-11-16(2)14-22-20(25)26-5/h6,8-11,15,18,24H,1-2,7,12-14H2,3-5H3,(H,22,25). The Balaban J connectivity index is 2.57. The van der Waals surface area contributed by atoms with Crippen LogP contribution in [0.3, 0.4) is 0 Å². The van der Waals surface area contributed by atoms with Crippen molar-refractivity contribution in [3.05, 3.63) is 65.2 Å². The Labute approximate surface area is 166 Å². The number of carbonyl (C=O) groups is 1. The molecule has 1 amide bonds. The van der Waals surface area contributed by atoms with E-state index in [1.54, 1.807) is 17.4 Å². The lowest BCUT2D eigenvalue weighted by Crippen LogP contribution is -2.33. The molecule has 2 N–H and O–H groups in total. The van der Waals surface area contributed by atoms with Crippen LogP contribution in [-0.2, 0) is 16.6 Å². The van der Waals surface area contributed by atoms with Gasteiger partial charge in [-0.2, -0.15) is 0 Å². The quantitative estimate of drug-likeness (QED) is 0.436. The molecular weight excluding hydrogens is 360 g/mol. The summed E-state index contributed by atoms with van der Waals surface area (Å²) >= 11 is 1.57. The molecule has 6 heteroatoms. The molecule has 5 nitrogen and oxygen atoms in total. The topological polar surface area (TPSA) is 71.5 Å². The average Bonchev–Trinajstić information content (AvgIpc) is 3.12. The van der Waals surface area contributed by atoms with Gasteiger partial charge >= 0.3 is 6.09 Å². The number of aliphatic hydroxyl groups is 1. The van der Waals surface area contributed by atoms with Gasteiger partial charge < -0.3 is 15.2 Å². The van der Waals surface area contributed by atoms with Crippen molar-refractivity contribution in [1.82, 2.24) is 10.3 Å². The minimum atomic E-state index is -0.578. The molecule has 1 unspecified atom stereocenters. The molecule has 27 heavy (non-hydrogen) atoms. The first kappa shape index (κ1) is 22.9. The number of aromatic nitrogens is 1. The molecule has 1 rings (SSSR count). The number of allylic oxidation sites excluding steroid dienone is 3. The van der Waals surface area contributed by atoms with E-state index in [-0.39, 0.29) is 0 Å². The first-order valence-electron chi connectivity index (χ1n) is 8.86. The number of rotatable bonds is 11. The van der Waals surface area contributed by atoms with Gasteiger partial charge in [0.2, 0.25) is 0 Å². The molecular formula is C21H30N2O3S. The molecule has 0 aliphatic carbocycles. The summed E-state index contributed by atoms with van der Waals surface area (Å²) in [4.78, 5) is 15.7. The van der Waals surface area contributed by atoms with Gasteiger partial charge in [0, 0.05) is 23.8 Å². The predicted molar refractivity (Wildman–Crippen MR) is 112 cm³/mol. The van der Waals surface area contributed by atoms with Crippen LogP contribution in [0.2, 0.25) is 0 Å². The number of nitrogens with zero attached hydrogens (tertiary/aromatic N) is 1. The highest BCUT2D eigenvalue weighted by molar-refractivity contribution is 7.09. The van der Waals surface area contributed by atoms with Crippen LogP contribution in [0.25, 0.3) is 0 Å². The molecule has 0 fully saturated rings. The largest absolute Gasteiger partial charge is 0.453 e. The highest BCUT2D eigenvalue weighted by Crippen LogP contribution is 2.31. The fourth-order valence-electron chi connectivity index (χ4n) is 2.21. The van der Waals surface area contributed by atoms with E-state index in [1.807, 2.05) is 31.4 Å². The predicted octanol–water partition coefficient (Wildman–Crippen LogP) is 4.31. The third-order valence-electron chi connectivity index (χ3n) is 4.09. The summed E-state index contributed by atoms with van der Waals surface area (Å²) < 4.78 is 4.51. The molecule has 148 valence electrons. The van der Waals surface area contributed by atoms with Gasteiger partial charge in [-0.05, 0) is 18.4 Å². The number of thiazole rings is 1. The Morgan fingerprint density at radius 3 is 2.85 bits per heavy atom. The van der Waals surface area contributed by atoms with Gasteiger partial charge in [0.05, 0.1) is 18.9 Å². The Kier molecular flexibility index (Phi) is 9.75. The van der Waals surface area contributed by atoms with Crippen LogP contribution >= 0.6 is 11.3 Å². The van der Waals surface area contributed by atoms with E-state index in [0.29, 0.717) is 13.0 Å². The van der Waals surface area contributed by atoms with Crippen molar-refractivity contribution in [2.45, 2.75) is 44.6 Å². The number of ether oxygens (including phenoxy) is 1. The number of hydrogen-bond donors (Lipinski definition) is 2. The van der Waals surface area contributed by atoms with E-state index >= 15 is 0 Å². The third-order valence-corrected chi connectivity index (χ3v) is 5.32. The highest BCUT2D eigenvalue weighted by Gasteiger charge is 2.32. The molecule has 1 atom stereocenters. The van der Waals surface area contributed by atoms with E-state index in [0.717, 1.165) is 29.1 Å². The SMILES string of the molecule is C=CCC=CCc1csc(C(C)(C)C(O)CC=CC(=C)CNC(=O)OC)n1. The number of methoxy groups -OCH3 is 1. The summed E-state index contributed by atoms with van der Waals surface area (Å²) in [6, 6.07) is 0. The molecule has 1 aromatic heterocycles. The highest BCUT2D eigenvalue weighted by atomic mass is 32.1. The normalized spacial score (nSPS) is 13.0. The fourth-order valence-corrected chi connectivity index (χ4v) is 3.22. The van der Waals surface area contributed by atoms with E-state index in [4.69, 9.17) is 0 Å². The number of nitrogens with one attached hydrogen (secondary N) is 1. The second-order valence-corrected chi connectivity index (χ2v) is 7.58. The van der Waals surface area contributed by atoms with Crippen LogP contribution < -0.4 is 5.32 Å². The number of carbonyl (C=O) groups excluding carboxylic acids is 1. The van der Waals surface area contributed by atoms with E-state index in [2.05, 4.69) is 40.3 Å². The van der Waals surface area contributed by atoms with Gasteiger partial charge in [-0.25, -0.2) is 9.78 Å². The summed E-state index contributed by atoms with van der Waals surface area (Å²) in [5.74, 6) is 0. The molecule has 0 bridgehead atoms. The number of alkyl carbamates (subject to hydrolysis) is 1. The van der Waals surface area contributed by atoms with Gasteiger partial charge in [-0.15, -0.1) is 17.9 Å². The second kappa shape index (κ2) is 11.5. The van der Waals surface area contributed by atoms with Crippen molar-refractivity contribution in [2.24, 2.45) is 0 Å². The fraction of sp³-hybridized carbons (Fsp3) is 0.429. The van der Waals surface area contributed by atoms with Crippen LogP contribution in [-0.4, -0.2) is 35.9 Å². The Morgan fingerprint density at radius 1 is 1.44 bits per heavy atom. The number of amides is 1. The van der Waals surface area contributed by atoms with Gasteiger partial charge in [-0.3, -0.25) is 0 Å². The summed E-state index contributed by atoms with van der Waals surface area (Å²) in [6.45, 7) is 11.8. The average molecular weight is 391 g/mol. The van der Waals surface area contributed by atoms with E-state index < -0.39 is 17.6 Å². The zero-order chi connectivity index (χ0) is 20.3. The minimum absolute atomic E-state index is 0.303. The zero-order valence-corrected chi connectivity index (χ0v) is 17.2. The molecule has 0 saturated heterocycles. The summed E-state index contributed by atoms with van der Waals surface area (Å²) in [7, 11) is 1.31. The molecule has 0 saturated carbocycles. The van der Waals surface area contributed by atoms with E-state index in [9.17, 15) is 9.90 Å². The van der Waals surface area contributed by atoms with Crippen molar-refractivity contribution in [3.63, 3.8) is 0 Å². The Bertz CT molecular complexity index is 689. The van der Waals surface area contributed by atoms with Crippen LogP contribution in [0.5, 0.6) is 0 Å². The van der Waals surface area contributed by atoms with Crippen LogP contribution in [0, 0.1) is 0 Å². The van der Waals surface area contributed by atoms with Gasteiger partial charge in [0.25, 0.3) is 0 Å². The van der Waals surface area contributed by atoms with Crippen molar-refractivity contribution < 1.29 is 14.6 Å². The molecule has 1 heterocycles. The molecule has 0 spiro atoms. The van der Waals surface area contributed by atoms with Crippen molar-refractivity contribution >= 4 is 17.4 Å². The zero-order valence-electron chi connectivity index (χ0n) is 16.4. The monoisotopic (exact) mass is 390 g/mol. The molecule has 0 aliphatic heterocycles. The lowest BCUT2D eigenvalue weighted by atomic mass is 9.85. The van der Waals surface area contributed by atoms with Crippen molar-refractivity contribution in [2.75, 3.05) is 13.7 Å². The number of aliphatic hydroxyl groups excluding tert-OH is 1. The first-order chi connectivity index (χ1) is 12.8. The maximum atomic E-state index is 11.0. The Morgan fingerprint density at radius 2 is 2.19 bits per heavy atom. The third kappa shape index (κ3) is 7.93. The molecule has 0 radical (unpaired) electrons. The van der Waals surface area contributed by atoms with Gasteiger partial charge in [-0.1, -0.05) is 50.8 Å². The second-order valence-electron chi connectivity index (χ2n) is 6.72. The first-order valence-corrected chi connectivity index (χ1v) is 9.74. The van der Waals surface area contributed by atoms with Crippen molar-refractivity contribution in [1.29, 1.82) is 0 Å². The molecule has 0 aliphatic rings. The minimum Gasteiger partial charge on any atom is -0.453 e. The van der Waals surface area contributed by atoms with Crippen molar-refractivity contribution in [3.8, 4) is 0 Å². The summed E-state index contributed by atoms with van der Waals surface area (Å²) in [5, 5.41) is 16.1.